The molecule has 4 heteroatoms. The van der Waals surface area contributed by atoms with E-state index in [9.17, 15) is 0 Å². The van der Waals surface area contributed by atoms with E-state index in [0.717, 1.165) is 51.9 Å². The number of ether oxygens (including phenoxy) is 2. The van der Waals surface area contributed by atoms with Gasteiger partial charge >= 0.3 is 0 Å². The lowest BCUT2D eigenvalue weighted by Gasteiger charge is -2.35. The van der Waals surface area contributed by atoms with Crippen molar-refractivity contribution in [2.24, 2.45) is 11.7 Å². The van der Waals surface area contributed by atoms with Crippen LogP contribution in [0.5, 0.6) is 0 Å². The van der Waals surface area contributed by atoms with Crippen LogP contribution in [0.3, 0.4) is 0 Å². The van der Waals surface area contributed by atoms with Crippen molar-refractivity contribution in [1.82, 2.24) is 4.90 Å². The van der Waals surface area contributed by atoms with Gasteiger partial charge in [-0.25, -0.2) is 0 Å². The first-order valence-electron chi connectivity index (χ1n) is 6.00. The highest BCUT2D eigenvalue weighted by Crippen LogP contribution is 2.28. The van der Waals surface area contributed by atoms with Gasteiger partial charge in [0.1, 0.15) is 0 Å². The van der Waals surface area contributed by atoms with Crippen molar-refractivity contribution in [1.29, 1.82) is 0 Å². The van der Waals surface area contributed by atoms with Crippen LogP contribution in [-0.4, -0.2) is 57.0 Å². The summed E-state index contributed by atoms with van der Waals surface area (Å²) >= 11 is 0. The minimum Gasteiger partial charge on any atom is -0.379 e. The molecule has 2 rings (SSSR count). The van der Waals surface area contributed by atoms with Crippen LogP contribution in [-0.2, 0) is 9.47 Å². The summed E-state index contributed by atoms with van der Waals surface area (Å²) < 4.78 is 11.1. The monoisotopic (exact) mass is 214 g/mol. The Hall–Kier alpha value is -0.160. The molecular weight excluding hydrogens is 192 g/mol. The van der Waals surface area contributed by atoms with Gasteiger partial charge in [0.05, 0.1) is 25.9 Å². The molecule has 1 saturated heterocycles. The third kappa shape index (κ3) is 3.41. The molecule has 88 valence electrons. The van der Waals surface area contributed by atoms with Gasteiger partial charge in [0.2, 0.25) is 0 Å². The molecule has 15 heavy (non-hydrogen) atoms. The Morgan fingerprint density at radius 1 is 1.27 bits per heavy atom. The molecule has 0 aromatic rings. The Balaban J connectivity index is 1.48. The van der Waals surface area contributed by atoms with Crippen LogP contribution >= 0.6 is 0 Å². The van der Waals surface area contributed by atoms with Crippen molar-refractivity contribution in [2.75, 3.05) is 46.0 Å². The fraction of sp³-hybridized carbons (Fsp3) is 1.00. The highest BCUT2D eigenvalue weighted by atomic mass is 16.5. The van der Waals surface area contributed by atoms with Gasteiger partial charge in [-0.3, -0.25) is 4.90 Å². The number of rotatable bonds is 5. The predicted octanol–water partition coefficient (Wildman–Crippen LogP) is 0.0725. The summed E-state index contributed by atoms with van der Waals surface area (Å²) in [6, 6.07) is 0. The Bertz CT molecular complexity index is 177. The van der Waals surface area contributed by atoms with Crippen molar-refractivity contribution in [3.63, 3.8) is 0 Å². The molecule has 0 aromatic heterocycles. The molecule has 2 fully saturated rings. The van der Waals surface area contributed by atoms with Crippen molar-refractivity contribution >= 4 is 0 Å². The topological polar surface area (TPSA) is 47.7 Å². The van der Waals surface area contributed by atoms with Crippen LogP contribution in [0.1, 0.15) is 12.8 Å². The fourth-order valence-electron chi connectivity index (χ4n) is 2.18. The first-order chi connectivity index (χ1) is 7.38. The molecule has 0 aromatic carbocycles. The van der Waals surface area contributed by atoms with Gasteiger partial charge in [-0.15, -0.1) is 0 Å². The normalized spacial score (nSPS) is 32.6. The number of nitrogens with two attached hydrogens (primary N) is 1. The van der Waals surface area contributed by atoms with Gasteiger partial charge < -0.3 is 15.2 Å². The van der Waals surface area contributed by atoms with E-state index in [2.05, 4.69) is 4.90 Å². The van der Waals surface area contributed by atoms with Crippen LogP contribution in [0, 0.1) is 5.92 Å². The van der Waals surface area contributed by atoms with Gasteiger partial charge in [0, 0.05) is 19.6 Å². The van der Waals surface area contributed by atoms with Gasteiger partial charge in [-0.1, -0.05) is 0 Å². The average molecular weight is 214 g/mol. The van der Waals surface area contributed by atoms with E-state index in [-0.39, 0.29) is 0 Å². The van der Waals surface area contributed by atoms with E-state index >= 15 is 0 Å². The Morgan fingerprint density at radius 3 is 2.67 bits per heavy atom. The third-order valence-corrected chi connectivity index (χ3v) is 3.39. The minimum absolute atomic E-state index is 0.486. The molecule has 0 radical (unpaired) electrons. The molecule has 0 spiro atoms. The van der Waals surface area contributed by atoms with Crippen LogP contribution in [0.2, 0.25) is 0 Å². The predicted molar refractivity (Wildman–Crippen MR) is 58.8 cm³/mol. The summed E-state index contributed by atoms with van der Waals surface area (Å²) in [6.07, 6.45) is 2.82. The summed E-state index contributed by atoms with van der Waals surface area (Å²) in [5.41, 5.74) is 5.56. The zero-order chi connectivity index (χ0) is 10.5. The summed E-state index contributed by atoms with van der Waals surface area (Å²) in [7, 11) is 0. The lowest BCUT2D eigenvalue weighted by Crippen LogP contribution is -2.40. The van der Waals surface area contributed by atoms with E-state index in [4.69, 9.17) is 15.2 Å². The highest BCUT2D eigenvalue weighted by molar-refractivity contribution is 4.80. The molecule has 0 bridgehead atoms. The van der Waals surface area contributed by atoms with Crippen molar-refractivity contribution in [3.05, 3.63) is 0 Å². The molecule has 2 aliphatic rings. The first kappa shape index (κ1) is 11.3. The van der Waals surface area contributed by atoms with Crippen molar-refractivity contribution in [2.45, 2.75) is 18.9 Å². The van der Waals surface area contributed by atoms with Gasteiger partial charge in [0.25, 0.3) is 0 Å². The number of hydrogen-bond acceptors (Lipinski definition) is 4. The molecule has 1 saturated carbocycles. The largest absolute Gasteiger partial charge is 0.379 e. The van der Waals surface area contributed by atoms with Gasteiger partial charge in [-0.2, -0.15) is 0 Å². The van der Waals surface area contributed by atoms with Crippen LogP contribution in [0.15, 0.2) is 0 Å². The maximum Gasteiger partial charge on any atom is 0.0597 e. The van der Waals surface area contributed by atoms with E-state index in [1.807, 2.05) is 0 Å². The second-order valence-corrected chi connectivity index (χ2v) is 4.52. The summed E-state index contributed by atoms with van der Waals surface area (Å²) in [6.45, 7) is 6.59. The lowest BCUT2D eigenvalue weighted by atomic mass is 9.82. The maximum absolute atomic E-state index is 5.77. The van der Waals surface area contributed by atoms with Crippen molar-refractivity contribution < 1.29 is 9.47 Å². The van der Waals surface area contributed by atoms with Crippen LogP contribution < -0.4 is 5.73 Å². The second-order valence-electron chi connectivity index (χ2n) is 4.52. The zero-order valence-corrected chi connectivity index (χ0v) is 9.36. The van der Waals surface area contributed by atoms with E-state index in [0.29, 0.717) is 6.10 Å². The first-order valence-corrected chi connectivity index (χ1v) is 6.00. The van der Waals surface area contributed by atoms with Crippen molar-refractivity contribution in [3.8, 4) is 0 Å². The summed E-state index contributed by atoms with van der Waals surface area (Å²) in [5, 5.41) is 0. The number of nitrogens with zero attached hydrogens (tertiary/aromatic N) is 1. The van der Waals surface area contributed by atoms with E-state index in [1.54, 1.807) is 0 Å². The molecule has 1 aliphatic carbocycles. The van der Waals surface area contributed by atoms with E-state index < -0.39 is 0 Å². The summed E-state index contributed by atoms with van der Waals surface area (Å²) in [4.78, 5) is 2.41. The number of hydrogen-bond donors (Lipinski definition) is 1. The molecule has 1 aliphatic heterocycles. The minimum atomic E-state index is 0.486. The molecule has 0 unspecified atom stereocenters. The molecule has 2 N–H and O–H groups in total. The third-order valence-electron chi connectivity index (χ3n) is 3.39. The van der Waals surface area contributed by atoms with Gasteiger partial charge in [-0.05, 0) is 25.3 Å². The SMILES string of the molecule is NCC1CC(OCCN2CCOCC2)C1. The Labute approximate surface area is 91.7 Å². The highest BCUT2D eigenvalue weighted by Gasteiger charge is 2.28. The lowest BCUT2D eigenvalue weighted by molar-refractivity contribution is -0.0440. The number of morpholine rings is 1. The van der Waals surface area contributed by atoms with Crippen LogP contribution in [0.4, 0.5) is 0 Å². The average Bonchev–Trinajstić information content (AvgIpc) is 2.23. The van der Waals surface area contributed by atoms with Gasteiger partial charge in [0.15, 0.2) is 0 Å². The fourth-order valence-corrected chi connectivity index (χ4v) is 2.18. The zero-order valence-electron chi connectivity index (χ0n) is 9.36. The molecule has 0 atom stereocenters. The molecule has 4 nitrogen and oxygen atoms in total. The molecule has 1 heterocycles. The smallest absolute Gasteiger partial charge is 0.0597 e. The maximum atomic E-state index is 5.77. The second kappa shape index (κ2) is 5.80. The molecule has 0 amide bonds. The van der Waals surface area contributed by atoms with E-state index in [1.165, 1.54) is 12.8 Å². The molecular formula is C11H22N2O2. The van der Waals surface area contributed by atoms with Crippen LogP contribution in [0.25, 0.3) is 0 Å². The quantitative estimate of drug-likeness (QED) is 0.703. The Morgan fingerprint density at radius 2 is 2.00 bits per heavy atom. The summed E-state index contributed by atoms with van der Waals surface area (Å²) in [5.74, 6) is 0.721. The Kier molecular flexibility index (Phi) is 4.38. The standard InChI is InChI=1S/C11H22N2O2/c12-9-10-7-11(8-10)15-6-3-13-1-4-14-5-2-13/h10-11H,1-9,12H2.